The van der Waals surface area contributed by atoms with E-state index in [1.54, 1.807) is 4.90 Å². The van der Waals surface area contributed by atoms with Crippen LogP contribution in [-0.4, -0.2) is 35.5 Å². The summed E-state index contributed by atoms with van der Waals surface area (Å²) in [5, 5.41) is -0.287. The number of esters is 1. The number of carbonyl (C=O) groups is 2. The lowest BCUT2D eigenvalue weighted by Crippen LogP contribution is -2.37. The van der Waals surface area contributed by atoms with Crippen LogP contribution in [-0.2, 0) is 14.3 Å². The van der Waals surface area contributed by atoms with Gasteiger partial charge >= 0.3 is 5.97 Å². The molecule has 0 fully saturated rings. The fraction of sp³-hybridized carbons (Fsp3) is 0.500. The van der Waals surface area contributed by atoms with E-state index in [-0.39, 0.29) is 29.0 Å². The highest BCUT2D eigenvalue weighted by molar-refractivity contribution is 8.01. The quantitative estimate of drug-likeness (QED) is 0.726. The Kier molecular flexibility index (Phi) is 7.29. The van der Waals surface area contributed by atoms with Crippen LogP contribution in [0.15, 0.2) is 30.3 Å². The van der Waals surface area contributed by atoms with Crippen molar-refractivity contribution in [2.45, 2.75) is 39.0 Å². The highest BCUT2D eigenvalue weighted by atomic mass is 32.2. The molecule has 0 bridgehead atoms. The molecule has 1 aromatic rings. The van der Waals surface area contributed by atoms with Crippen LogP contribution in [0.1, 0.15) is 27.7 Å². The summed E-state index contributed by atoms with van der Waals surface area (Å²) in [5.74, 6) is -0.0827. The van der Waals surface area contributed by atoms with Gasteiger partial charge in [0.1, 0.15) is 0 Å². The van der Waals surface area contributed by atoms with Gasteiger partial charge in [-0.05, 0) is 39.8 Å². The van der Waals surface area contributed by atoms with Gasteiger partial charge in [0, 0.05) is 12.2 Å². The number of para-hydroxylation sites is 1. The predicted molar refractivity (Wildman–Crippen MR) is 87.6 cm³/mol. The minimum atomic E-state index is -0.287. The Morgan fingerprint density at radius 1 is 1.19 bits per heavy atom. The number of thioether (sulfide) groups is 1. The van der Waals surface area contributed by atoms with Gasteiger partial charge in [-0.3, -0.25) is 9.59 Å². The number of rotatable bonds is 7. The summed E-state index contributed by atoms with van der Waals surface area (Å²) >= 11 is 1.31. The molecule has 1 unspecified atom stereocenters. The number of carbonyl (C=O) groups excluding carboxylic acids is 2. The maximum absolute atomic E-state index is 12.5. The number of anilines is 1. The molecule has 1 aromatic carbocycles. The van der Waals surface area contributed by atoms with Crippen molar-refractivity contribution in [1.82, 2.24) is 0 Å². The van der Waals surface area contributed by atoms with Gasteiger partial charge in [-0.25, -0.2) is 0 Å². The highest BCUT2D eigenvalue weighted by Crippen LogP contribution is 2.19. The summed E-state index contributed by atoms with van der Waals surface area (Å²) in [4.78, 5) is 25.7. The van der Waals surface area contributed by atoms with Crippen molar-refractivity contribution in [1.29, 1.82) is 0 Å². The molecule has 0 spiro atoms. The van der Waals surface area contributed by atoms with Crippen molar-refractivity contribution in [2.24, 2.45) is 0 Å². The van der Waals surface area contributed by atoms with E-state index in [9.17, 15) is 9.59 Å². The summed E-state index contributed by atoms with van der Waals surface area (Å²) in [6.45, 7) is 7.98. The van der Waals surface area contributed by atoms with E-state index in [2.05, 4.69) is 0 Å². The molecular weight excluding hydrogens is 286 g/mol. The van der Waals surface area contributed by atoms with Crippen LogP contribution in [0.4, 0.5) is 5.69 Å². The average molecular weight is 309 g/mol. The highest BCUT2D eigenvalue weighted by Gasteiger charge is 2.22. The molecule has 0 saturated carbocycles. The Labute approximate surface area is 130 Å². The molecule has 0 saturated heterocycles. The summed E-state index contributed by atoms with van der Waals surface area (Å²) in [6, 6.07) is 9.55. The van der Waals surface area contributed by atoms with Crippen LogP contribution in [0.5, 0.6) is 0 Å². The largest absolute Gasteiger partial charge is 0.462 e. The lowest BCUT2D eigenvalue weighted by molar-refractivity contribution is -0.144. The van der Waals surface area contributed by atoms with Gasteiger partial charge in [-0.2, -0.15) is 0 Å². The summed E-state index contributed by atoms with van der Waals surface area (Å²) in [7, 11) is 0. The van der Waals surface area contributed by atoms with Crippen molar-refractivity contribution in [3.05, 3.63) is 30.3 Å². The Balaban J connectivity index is 2.58. The van der Waals surface area contributed by atoms with Crippen LogP contribution < -0.4 is 4.90 Å². The van der Waals surface area contributed by atoms with Crippen molar-refractivity contribution in [3.8, 4) is 0 Å². The first-order valence-corrected chi connectivity index (χ1v) is 8.18. The Morgan fingerprint density at radius 3 is 2.33 bits per heavy atom. The van der Waals surface area contributed by atoms with Crippen molar-refractivity contribution < 1.29 is 14.3 Å². The van der Waals surface area contributed by atoms with Crippen LogP contribution in [0.3, 0.4) is 0 Å². The predicted octanol–water partition coefficient (Wildman–Crippen LogP) is 3.11. The van der Waals surface area contributed by atoms with E-state index < -0.39 is 0 Å². The molecule has 0 aromatic heterocycles. The molecule has 0 N–H and O–H groups in total. The van der Waals surface area contributed by atoms with Crippen LogP contribution in [0.25, 0.3) is 0 Å². The maximum atomic E-state index is 12.5. The molecule has 0 radical (unpaired) electrons. The topological polar surface area (TPSA) is 46.6 Å². The minimum absolute atomic E-state index is 0.00560. The smallest absolute Gasteiger partial charge is 0.316 e. The van der Waals surface area contributed by atoms with E-state index in [1.165, 1.54) is 11.8 Å². The minimum Gasteiger partial charge on any atom is -0.462 e. The zero-order valence-electron chi connectivity index (χ0n) is 13.0. The van der Waals surface area contributed by atoms with Crippen molar-refractivity contribution in [2.75, 3.05) is 17.2 Å². The first-order valence-electron chi connectivity index (χ1n) is 7.13. The lowest BCUT2D eigenvalue weighted by Gasteiger charge is -2.24. The number of benzene rings is 1. The number of amides is 1. The van der Waals surface area contributed by atoms with Gasteiger partial charge in [-0.15, -0.1) is 11.8 Å². The van der Waals surface area contributed by atoms with E-state index in [4.69, 9.17) is 4.74 Å². The third-order valence-corrected chi connectivity index (χ3v) is 3.92. The summed E-state index contributed by atoms with van der Waals surface area (Å²) in [5.41, 5.74) is 0.877. The van der Waals surface area contributed by atoms with Crippen molar-refractivity contribution in [3.63, 3.8) is 0 Å². The van der Waals surface area contributed by atoms with E-state index in [0.29, 0.717) is 6.54 Å². The fourth-order valence-corrected chi connectivity index (χ4v) is 2.58. The third-order valence-electron chi connectivity index (χ3n) is 2.82. The molecular formula is C16H23NO3S. The molecule has 0 aliphatic heterocycles. The zero-order valence-corrected chi connectivity index (χ0v) is 13.9. The van der Waals surface area contributed by atoms with E-state index >= 15 is 0 Å². The second-order valence-corrected chi connectivity index (χ2v) is 6.24. The summed E-state index contributed by atoms with van der Waals surface area (Å²) in [6.07, 6.45) is -0.124. The van der Waals surface area contributed by atoms with Crippen LogP contribution in [0.2, 0.25) is 0 Å². The second kappa shape index (κ2) is 8.72. The fourth-order valence-electron chi connectivity index (χ4n) is 1.85. The number of ether oxygens (including phenoxy) is 1. The molecule has 116 valence electrons. The average Bonchev–Trinajstić information content (AvgIpc) is 2.45. The number of hydrogen-bond donors (Lipinski definition) is 0. The molecule has 4 nitrogen and oxygen atoms in total. The Morgan fingerprint density at radius 2 is 1.81 bits per heavy atom. The van der Waals surface area contributed by atoms with Gasteiger partial charge < -0.3 is 9.64 Å². The van der Waals surface area contributed by atoms with Crippen LogP contribution in [0, 0.1) is 0 Å². The first-order chi connectivity index (χ1) is 9.95. The molecule has 0 aliphatic rings. The molecule has 5 heteroatoms. The standard InChI is InChI=1S/C16H23NO3S/c1-5-17(14-9-7-6-8-10-14)16(19)13(4)21-11-15(18)20-12(2)3/h6-10,12-13H,5,11H2,1-4H3. The normalized spacial score (nSPS) is 12.0. The zero-order chi connectivity index (χ0) is 15.8. The first kappa shape index (κ1) is 17.6. The second-order valence-electron chi connectivity index (χ2n) is 4.91. The molecule has 1 atom stereocenters. The SMILES string of the molecule is CCN(C(=O)C(C)SCC(=O)OC(C)C)c1ccccc1. The van der Waals surface area contributed by atoms with E-state index in [1.807, 2.05) is 58.0 Å². The molecule has 1 amide bonds. The molecule has 0 aliphatic carbocycles. The summed E-state index contributed by atoms with van der Waals surface area (Å²) < 4.78 is 5.07. The van der Waals surface area contributed by atoms with Gasteiger partial charge in [0.2, 0.25) is 5.91 Å². The number of hydrogen-bond acceptors (Lipinski definition) is 4. The van der Waals surface area contributed by atoms with Crippen LogP contribution >= 0.6 is 11.8 Å². The lowest BCUT2D eigenvalue weighted by atomic mass is 10.2. The number of nitrogens with zero attached hydrogens (tertiary/aromatic N) is 1. The molecule has 0 heterocycles. The molecule has 21 heavy (non-hydrogen) atoms. The third kappa shape index (κ3) is 5.79. The van der Waals surface area contributed by atoms with Crippen molar-refractivity contribution >= 4 is 29.3 Å². The van der Waals surface area contributed by atoms with Gasteiger partial charge in [0.25, 0.3) is 0 Å². The molecule has 1 rings (SSSR count). The Hall–Kier alpha value is -1.49. The van der Waals surface area contributed by atoms with E-state index in [0.717, 1.165) is 5.69 Å². The van der Waals surface area contributed by atoms with Gasteiger partial charge in [-0.1, -0.05) is 18.2 Å². The van der Waals surface area contributed by atoms with Gasteiger partial charge in [0.05, 0.1) is 17.1 Å². The Bertz CT molecular complexity index is 462. The van der Waals surface area contributed by atoms with Gasteiger partial charge in [0.15, 0.2) is 0 Å². The maximum Gasteiger partial charge on any atom is 0.316 e. The monoisotopic (exact) mass is 309 g/mol.